The van der Waals surface area contributed by atoms with Gasteiger partial charge in [0.1, 0.15) is 5.60 Å². The number of rotatable bonds is 15. The van der Waals surface area contributed by atoms with Crippen molar-refractivity contribution in [3.8, 4) is 0 Å². The Morgan fingerprint density at radius 2 is 1.46 bits per heavy atom. The third-order valence-corrected chi connectivity index (χ3v) is 4.66. The van der Waals surface area contributed by atoms with Gasteiger partial charge in [0.15, 0.2) is 0 Å². The average molecular weight is 385 g/mol. The molecule has 0 saturated carbocycles. The number of hydrogen-bond donors (Lipinski definition) is 2. The predicted octanol–water partition coefficient (Wildman–Crippen LogP) is 1.90. The first-order valence-corrected chi connectivity index (χ1v) is 10.6. The van der Waals surface area contributed by atoms with Gasteiger partial charge >= 0.3 is 6.09 Å². The minimum absolute atomic E-state index is 0.415. The number of nitrogens with two attached hydrogens (primary N) is 1. The molecule has 0 aromatic rings. The first-order valence-electron chi connectivity index (χ1n) is 8.10. The molecule has 144 valence electrons. The van der Waals surface area contributed by atoms with Crippen LogP contribution in [0.4, 0.5) is 4.79 Å². The van der Waals surface area contributed by atoms with Gasteiger partial charge in [-0.1, -0.05) is 21.6 Å². The second kappa shape index (κ2) is 16.3. The highest BCUT2D eigenvalue weighted by Crippen LogP contribution is 2.19. The molecular weight excluding hydrogens is 352 g/mol. The van der Waals surface area contributed by atoms with Crippen molar-refractivity contribution < 1.29 is 23.7 Å². The normalized spacial score (nSPS) is 11.5. The van der Waals surface area contributed by atoms with E-state index in [4.69, 9.17) is 24.7 Å². The smallest absolute Gasteiger partial charge is 0.407 e. The maximum Gasteiger partial charge on any atom is 0.407 e. The van der Waals surface area contributed by atoms with Crippen molar-refractivity contribution in [2.75, 3.05) is 64.2 Å². The zero-order valence-electron chi connectivity index (χ0n) is 15.0. The Labute approximate surface area is 153 Å². The van der Waals surface area contributed by atoms with Gasteiger partial charge in [-0.3, -0.25) is 0 Å². The molecule has 0 rings (SSSR count). The Balaban J connectivity index is 3.14. The second-order valence-electron chi connectivity index (χ2n) is 5.70. The molecule has 0 unspecified atom stereocenters. The molecule has 0 aliphatic heterocycles. The maximum atomic E-state index is 11.4. The minimum Gasteiger partial charge on any atom is -0.444 e. The first-order chi connectivity index (χ1) is 11.5. The molecule has 0 fully saturated rings. The zero-order valence-corrected chi connectivity index (χ0v) is 16.6. The monoisotopic (exact) mass is 384 g/mol. The van der Waals surface area contributed by atoms with Crippen LogP contribution in [0.15, 0.2) is 0 Å². The third-order valence-electron chi connectivity index (χ3n) is 2.25. The zero-order chi connectivity index (χ0) is 18.1. The van der Waals surface area contributed by atoms with Crippen LogP contribution >= 0.6 is 21.6 Å². The second-order valence-corrected chi connectivity index (χ2v) is 8.40. The number of alkyl carbamates (subject to hydrolysis) is 1. The maximum absolute atomic E-state index is 11.4. The first kappa shape index (κ1) is 23.8. The molecule has 0 radical (unpaired) electrons. The van der Waals surface area contributed by atoms with Crippen LogP contribution in [0.5, 0.6) is 0 Å². The van der Waals surface area contributed by atoms with Crippen LogP contribution in [0, 0.1) is 0 Å². The number of nitrogens with one attached hydrogen (secondary N) is 1. The van der Waals surface area contributed by atoms with Crippen LogP contribution < -0.4 is 11.1 Å². The lowest BCUT2D eigenvalue weighted by molar-refractivity contribution is 0.0167. The van der Waals surface area contributed by atoms with Crippen molar-refractivity contribution in [2.24, 2.45) is 5.73 Å². The molecule has 0 aliphatic rings. The molecule has 0 atom stereocenters. The van der Waals surface area contributed by atoms with E-state index >= 15 is 0 Å². The van der Waals surface area contributed by atoms with Crippen LogP contribution in [0.3, 0.4) is 0 Å². The molecule has 0 aliphatic carbocycles. The van der Waals surface area contributed by atoms with E-state index in [0.717, 1.165) is 18.1 Å². The van der Waals surface area contributed by atoms with Gasteiger partial charge in [0.05, 0.1) is 39.6 Å². The number of amides is 1. The van der Waals surface area contributed by atoms with E-state index in [-0.39, 0.29) is 0 Å². The Kier molecular flexibility index (Phi) is 16.2. The van der Waals surface area contributed by atoms with Crippen molar-refractivity contribution in [3.63, 3.8) is 0 Å². The molecular formula is C15H32N2O5S2. The Hall–Kier alpha value is -0.190. The van der Waals surface area contributed by atoms with Gasteiger partial charge in [-0.15, -0.1) is 0 Å². The van der Waals surface area contributed by atoms with Crippen LogP contribution in [0.2, 0.25) is 0 Å². The lowest BCUT2D eigenvalue weighted by Gasteiger charge is -2.19. The summed E-state index contributed by atoms with van der Waals surface area (Å²) in [6.45, 7) is 9.89. The quantitative estimate of drug-likeness (QED) is 0.327. The number of ether oxygens (including phenoxy) is 4. The summed E-state index contributed by atoms with van der Waals surface area (Å²) in [6, 6.07) is 0. The Morgan fingerprint density at radius 1 is 0.917 bits per heavy atom. The van der Waals surface area contributed by atoms with E-state index in [2.05, 4.69) is 5.32 Å². The fourth-order valence-corrected chi connectivity index (χ4v) is 3.06. The van der Waals surface area contributed by atoms with Crippen LogP contribution in [-0.2, 0) is 18.9 Å². The van der Waals surface area contributed by atoms with Crippen molar-refractivity contribution in [3.05, 3.63) is 0 Å². The molecule has 0 heterocycles. The largest absolute Gasteiger partial charge is 0.444 e. The topological polar surface area (TPSA) is 92.0 Å². The summed E-state index contributed by atoms with van der Waals surface area (Å²) in [5, 5.41) is 2.63. The third kappa shape index (κ3) is 19.9. The number of carbonyl (C=O) groups is 1. The standard InChI is InChI=1S/C15H32N2O5S2/c1-15(2,3)22-14(18)17-5-6-19-7-8-20-9-10-21-11-13-24-23-12-4-16/h4-13,16H2,1-3H3,(H,17,18). The van der Waals surface area contributed by atoms with E-state index in [9.17, 15) is 4.79 Å². The van der Waals surface area contributed by atoms with E-state index in [1.807, 2.05) is 20.8 Å². The molecule has 9 heteroatoms. The van der Waals surface area contributed by atoms with Gasteiger partial charge in [0.25, 0.3) is 0 Å². The van der Waals surface area contributed by atoms with E-state index in [0.29, 0.717) is 46.1 Å². The van der Waals surface area contributed by atoms with Gasteiger partial charge in [-0.25, -0.2) is 4.79 Å². The average Bonchev–Trinajstić information content (AvgIpc) is 2.49. The van der Waals surface area contributed by atoms with Crippen LogP contribution in [0.25, 0.3) is 0 Å². The summed E-state index contributed by atoms with van der Waals surface area (Å²) in [6.07, 6.45) is -0.431. The van der Waals surface area contributed by atoms with Crippen LogP contribution in [0.1, 0.15) is 20.8 Å². The van der Waals surface area contributed by atoms with Gasteiger partial charge in [0, 0.05) is 24.6 Å². The number of carbonyl (C=O) groups excluding carboxylic acids is 1. The summed E-state index contributed by atoms with van der Waals surface area (Å²) < 4.78 is 21.3. The molecule has 0 aromatic carbocycles. The summed E-state index contributed by atoms with van der Waals surface area (Å²) in [5.74, 6) is 1.93. The van der Waals surface area contributed by atoms with Crippen molar-refractivity contribution >= 4 is 27.7 Å². The molecule has 0 saturated heterocycles. The lowest BCUT2D eigenvalue weighted by atomic mass is 10.2. The van der Waals surface area contributed by atoms with Gasteiger partial charge in [0.2, 0.25) is 0 Å². The van der Waals surface area contributed by atoms with E-state index in [1.54, 1.807) is 21.6 Å². The highest BCUT2D eigenvalue weighted by atomic mass is 33.1. The van der Waals surface area contributed by atoms with Crippen molar-refractivity contribution in [1.82, 2.24) is 5.32 Å². The van der Waals surface area contributed by atoms with Gasteiger partial charge in [-0.2, -0.15) is 0 Å². The molecule has 3 N–H and O–H groups in total. The SMILES string of the molecule is CC(C)(C)OC(=O)NCCOCCOCCOCCSSCCN. The molecule has 0 aromatic heterocycles. The number of hydrogen-bond acceptors (Lipinski definition) is 8. The van der Waals surface area contributed by atoms with Crippen LogP contribution in [-0.4, -0.2) is 75.9 Å². The molecule has 7 nitrogen and oxygen atoms in total. The molecule has 0 bridgehead atoms. The summed E-state index contributed by atoms with van der Waals surface area (Å²) in [4.78, 5) is 11.4. The minimum atomic E-state index is -0.483. The summed E-state index contributed by atoms with van der Waals surface area (Å²) in [5.41, 5.74) is 4.91. The van der Waals surface area contributed by atoms with Gasteiger partial charge < -0.3 is 30.0 Å². The van der Waals surface area contributed by atoms with Crippen molar-refractivity contribution in [1.29, 1.82) is 0 Å². The van der Waals surface area contributed by atoms with Crippen molar-refractivity contribution in [2.45, 2.75) is 26.4 Å². The van der Waals surface area contributed by atoms with E-state index in [1.165, 1.54) is 0 Å². The predicted molar refractivity (Wildman–Crippen MR) is 101 cm³/mol. The highest BCUT2D eigenvalue weighted by molar-refractivity contribution is 8.76. The van der Waals surface area contributed by atoms with E-state index < -0.39 is 11.7 Å². The Morgan fingerprint density at radius 3 is 2.04 bits per heavy atom. The molecule has 24 heavy (non-hydrogen) atoms. The van der Waals surface area contributed by atoms with Gasteiger partial charge in [-0.05, 0) is 20.8 Å². The fraction of sp³-hybridized carbons (Fsp3) is 0.933. The molecule has 1 amide bonds. The summed E-state index contributed by atoms with van der Waals surface area (Å²) in [7, 11) is 3.54. The Bertz CT molecular complexity index is 304. The molecule has 0 spiro atoms. The summed E-state index contributed by atoms with van der Waals surface area (Å²) >= 11 is 0. The highest BCUT2D eigenvalue weighted by Gasteiger charge is 2.15. The lowest BCUT2D eigenvalue weighted by Crippen LogP contribution is -2.34. The fourth-order valence-electron chi connectivity index (χ4n) is 1.34.